The molecule has 0 fully saturated rings. The number of allylic oxidation sites excluding steroid dienone is 1. The van der Waals surface area contributed by atoms with E-state index in [1.807, 2.05) is 105 Å². The number of nitrogens with zero attached hydrogens (tertiary/aromatic N) is 4. The predicted octanol–water partition coefficient (Wildman–Crippen LogP) is 5.70. The predicted molar refractivity (Wildman–Crippen MR) is 143 cm³/mol. The summed E-state index contributed by atoms with van der Waals surface area (Å²) < 4.78 is 2.72. The number of carbonyl (C=O) groups is 1. The number of halogens is 1. The van der Waals surface area contributed by atoms with Crippen LogP contribution < -0.4 is 15.5 Å². The third-order valence-corrected chi connectivity index (χ3v) is 6.43. The van der Waals surface area contributed by atoms with E-state index in [1.165, 1.54) is 0 Å². The fourth-order valence-electron chi connectivity index (χ4n) is 4.18. The monoisotopic (exact) mass is 528 g/mol. The molecule has 0 radical (unpaired) electrons. The Hall–Kier alpha value is -3.91. The minimum absolute atomic E-state index is 0.191. The summed E-state index contributed by atoms with van der Waals surface area (Å²) in [5.41, 5.74) is 4.98. The lowest BCUT2D eigenvalue weighted by Gasteiger charge is -2.28. The van der Waals surface area contributed by atoms with Crippen molar-refractivity contribution in [3.05, 3.63) is 100 Å². The molecule has 0 spiro atoms. The maximum Gasteiger partial charge on any atom is 0.255 e. The number of hydrogen-bond donors (Lipinski definition) is 2. The van der Waals surface area contributed by atoms with Crippen LogP contribution >= 0.6 is 15.9 Å². The first-order valence-electron chi connectivity index (χ1n) is 11.2. The van der Waals surface area contributed by atoms with E-state index in [1.54, 1.807) is 4.68 Å². The number of para-hydroxylation sites is 1. The Kier molecular flexibility index (Phi) is 6.13. The van der Waals surface area contributed by atoms with Crippen molar-refractivity contribution in [3.63, 3.8) is 0 Å². The molecule has 1 amide bonds. The lowest BCUT2D eigenvalue weighted by molar-refractivity contribution is -0.113. The summed E-state index contributed by atoms with van der Waals surface area (Å²) in [4.78, 5) is 20.4. The van der Waals surface area contributed by atoms with Crippen LogP contribution in [0.1, 0.15) is 18.5 Å². The van der Waals surface area contributed by atoms with Crippen LogP contribution in [0.4, 0.5) is 17.3 Å². The van der Waals surface area contributed by atoms with Gasteiger partial charge in [0, 0.05) is 41.2 Å². The van der Waals surface area contributed by atoms with Gasteiger partial charge in [-0.25, -0.2) is 4.68 Å². The van der Waals surface area contributed by atoms with Gasteiger partial charge in [-0.3, -0.25) is 4.79 Å². The molecule has 7 nitrogen and oxygen atoms in total. The fourth-order valence-corrected chi connectivity index (χ4v) is 4.60. The van der Waals surface area contributed by atoms with Crippen molar-refractivity contribution in [2.24, 2.45) is 0 Å². The van der Waals surface area contributed by atoms with Crippen LogP contribution in [-0.4, -0.2) is 34.8 Å². The maximum atomic E-state index is 13.5. The Labute approximate surface area is 212 Å². The van der Waals surface area contributed by atoms with Gasteiger partial charge in [-0.05, 0) is 61.0 Å². The van der Waals surface area contributed by atoms with E-state index in [4.69, 9.17) is 10.1 Å². The van der Waals surface area contributed by atoms with E-state index in [2.05, 4.69) is 26.6 Å². The number of nitrogens with one attached hydrogen (secondary N) is 2. The molecule has 0 saturated carbocycles. The van der Waals surface area contributed by atoms with Gasteiger partial charge in [-0.15, -0.1) is 5.10 Å². The summed E-state index contributed by atoms with van der Waals surface area (Å²) in [7, 11) is 4.01. The molecular weight excluding hydrogens is 504 g/mol. The summed E-state index contributed by atoms with van der Waals surface area (Å²) in [6, 6.07) is 25.0. The molecule has 1 aliphatic rings. The number of rotatable bonds is 5. The van der Waals surface area contributed by atoms with Crippen molar-refractivity contribution in [1.29, 1.82) is 0 Å². The number of aromatic nitrogens is 3. The summed E-state index contributed by atoms with van der Waals surface area (Å²) in [6.45, 7) is 1.90. The van der Waals surface area contributed by atoms with Crippen LogP contribution in [0.3, 0.4) is 0 Å². The number of benzene rings is 3. The quantitative estimate of drug-likeness (QED) is 0.347. The minimum atomic E-state index is -0.449. The van der Waals surface area contributed by atoms with Gasteiger partial charge in [0.15, 0.2) is 5.82 Å². The number of fused-ring (bicyclic) bond motifs is 1. The molecule has 176 valence electrons. The van der Waals surface area contributed by atoms with Crippen LogP contribution in [0.25, 0.3) is 11.4 Å². The van der Waals surface area contributed by atoms with Gasteiger partial charge in [0.1, 0.15) is 6.04 Å². The van der Waals surface area contributed by atoms with Gasteiger partial charge in [-0.2, -0.15) is 4.98 Å². The largest absolute Gasteiger partial charge is 0.378 e. The van der Waals surface area contributed by atoms with Crippen LogP contribution in [0.5, 0.6) is 0 Å². The van der Waals surface area contributed by atoms with Gasteiger partial charge < -0.3 is 15.5 Å². The lowest BCUT2D eigenvalue weighted by atomic mass is 9.95. The highest BCUT2D eigenvalue weighted by Crippen LogP contribution is 2.37. The van der Waals surface area contributed by atoms with Crippen molar-refractivity contribution >= 4 is 39.2 Å². The van der Waals surface area contributed by atoms with Crippen LogP contribution in [0.15, 0.2) is 94.6 Å². The zero-order chi connectivity index (χ0) is 24.5. The van der Waals surface area contributed by atoms with Crippen molar-refractivity contribution in [1.82, 2.24) is 14.8 Å². The number of anilines is 3. The second-order valence-corrected chi connectivity index (χ2v) is 9.50. The molecule has 2 N–H and O–H groups in total. The molecule has 0 saturated heterocycles. The number of carbonyl (C=O) groups excluding carboxylic acids is 1. The molecule has 0 aliphatic carbocycles. The SMILES string of the molecule is CC1=C(C(=O)Nc2ccccc2)C(c2cccc(Br)c2)n2nc(-c3ccc(N(C)C)cc3)nc2N1. The number of amides is 1. The van der Waals surface area contributed by atoms with Crippen molar-refractivity contribution in [3.8, 4) is 11.4 Å². The van der Waals surface area contributed by atoms with Gasteiger partial charge in [0.05, 0.1) is 5.57 Å². The highest BCUT2D eigenvalue weighted by molar-refractivity contribution is 9.10. The smallest absolute Gasteiger partial charge is 0.255 e. The highest BCUT2D eigenvalue weighted by Gasteiger charge is 2.34. The summed E-state index contributed by atoms with van der Waals surface area (Å²) in [5, 5.41) is 11.2. The van der Waals surface area contributed by atoms with Crippen LogP contribution in [0, 0.1) is 0 Å². The molecule has 35 heavy (non-hydrogen) atoms. The topological polar surface area (TPSA) is 75.1 Å². The van der Waals surface area contributed by atoms with E-state index in [0.717, 1.165) is 32.7 Å². The molecule has 8 heteroatoms. The summed E-state index contributed by atoms with van der Waals surface area (Å²) in [5.74, 6) is 0.995. The Balaban J connectivity index is 1.58. The summed E-state index contributed by atoms with van der Waals surface area (Å²) in [6.07, 6.45) is 0. The first kappa shape index (κ1) is 22.9. The molecule has 2 heterocycles. The standard InChI is InChI=1S/C27H25BrN6O/c1-17-23(26(35)30-21-10-5-4-6-11-21)24(19-8-7-9-20(28)16-19)34-27(29-17)31-25(32-34)18-12-14-22(15-13-18)33(2)3/h4-16,24H,1-3H3,(H,30,35)(H,29,31,32). The molecule has 5 rings (SSSR count). The molecule has 4 aromatic rings. The Morgan fingerprint density at radius 1 is 1.03 bits per heavy atom. The zero-order valence-electron chi connectivity index (χ0n) is 19.7. The fraction of sp³-hybridized carbons (Fsp3) is 0.148. The number of hydrogen-bond acceptors (Lipinski definition) is 5. The first-order chi connectivity index (χ1) is 16.9. The maximum absolute atomic E-state index is 13.5. The third-order valence-electron chi connectivity index (χ3n) is 5.94. The Morgan fingerprint density at radius 2 is 1.77 bits per heavy atom. The Morgan fingerprint density at radius 3 is 2.46 bits per heavy atom. The average Bonchev–Trinajstić information content (AvgIpc) is 3.27. The molecular formula is C27H25BrN6O. The minimum Gasteiger partial charge on any atom is -0.378 e. The van der Waals surface area contributed by atoms with Crippen molar-refractivity contribution in [2.75, 3.05) is 29.6 Å². The molecule has 1 atom stereocenters. The molecule has 3 aromatic carbocycles. The average molecular weight is 529 g/mol. The second-order valence-electron chi connectivity index (χ2n) is 8.59. The molecule has 1 aliphatic heterocycles. The van der Waals surface area contributed by atoms with E-state index in [-0.39, 0.29) is 5.91 Å². The van der Waals surface area contributed by atoms with Gasteiger partial charge in [-0.1, -0.05) is 46.3 Å². The van der Waals surface area contributed by atoms with E-state index < -0.39 is 6.04 Å². The zero-order valence-corrected chi connectivity index (χ0v) is 21.2. The molecule has 1 aromatic heterocycles. The summed E-state index contributed by atoms with van der Waals surface area (Å²) >= 11 is 3.57. The van der Waals surface area contributed by atoms with Crippen LogP contribution in [0.2, 0.25) is 0 Å². The first-order valence-corrected chi connectivity index (χ1v) is 12.0. The highest BCUT2D eigenvalue weighted by atomic mass is 79.9. The Bertz CT molecular complexity index is 1410. The molecule has 1 unspecified atom stereocenters. The third kappa shape index (κ3) is 4.57. The van der Waals surface area contributed by atoms with E-state index in [9.17, 15) is 4.79 Å². The van der Waals surface area contributed by atoms with Crippen molar-refractivity contribution < 1.29 is 4.79 Å². The van der Waals surface area contributed by atoms with Gasteiger partial charge in [0.25, 0.3) is 5.91 Å². The van der Waals surface area contributed by atoms with Gasteiger partial charge in [0.2, 0.25) is 5.95 Å². The normalized spacial score (nSPS) is 14.8. The second kappa shape index (κ2) is 9.38. The van der Waals surface area contributed by atoms with E-state index in [0.29, 0.717) is 17.3 Å². The van der Waals surface area contributed by atoms with Crippen LogP contribution in [-0.2, 0) is 4.79 Å². The van der Waals surface area contributed by atoms with Gasteiger partial charge >= 0.3 is 0 Å². The van der Waals surface area contributed by atoms with E-state index >= 15 is 0 Å². The lowest BCUT2D eigenvalue weighted by Crippen LogP contribution is -2.31. The van der Waals surface area contributed by atoms with Crippen molar-refractivity contribution in [2.45, 2.75) is 13.0 Å². The molecule has 0 bridgehead atoms.